The number of hydrogen-bond acceptors (Lipinski definition) is 3. The van der Waals surface area contributed by atoms with Crippen molar-refractivity contribution in [1.29, 1.82) is 0 Å². The standard InChI is InChI=1S/C15H27FN2O3/c1-6-10(2)12(17-14(20)21-15(3,4)5)13(19)18-8-7-11(16)9-18/h10-12H,6-9H2,1-5H3,(H,17,20)/t10?,11?,12-/m0/s1. The van der Waals surface area contributed by atoms with E-state index in [1.165, 1.54) is 4.90 Å². The lowest BCUT2D eigenvalue weighted by atomic mass is 9.98. The Bertz CT molecular complexity index is 382. The van der Waals surface area contributed by atoms with Gasteiger partial charge in [-0.25, -0.2) is 9.18 Å². The minimum atomic E-state index is -0.965. The van der Waals surface area contributed by atoms with Crippen LogP contribution in [0.4, 0.5) is 9.18 Å². The number of halogens is 1. The van der Waals surface area contributed by atoms with E-state index in [9.17, 15) is 14.0 Å². The molecule has 1 aliphatic rings. The van der Waals surface area contributed by atoms with Crippen LogP contribution in [-0.2, 0) is 9.53 Å². The fraction of sp³-hybridized carbons (Fsp3) is 0.867. The number of nitrogens with one attached hydrogen (secondary N) is 1. The molecule has 21 heavy (non-hydrogen) atoms. The van der Waals surface area contributed by atoms with Gasteiger partial charge in [-0.2, -0.15) is 0 Å². The number of carbonyl (C=O) groups excluding carboxylic acids is 2. The lowest BCUT2D eigenvalue weighted by molar-refractivity contribution is -0.133. The van der Waals surface area contributed by atoms with Crippen molar-refractivity contribution in [3.8, 4) is 0 Å². The second-order valence-electron chi connectivity index (χ2n) is 6.68. The van der Waals surface area contributed by atoms with Crippen molar-refractivity contribution in [2.75, 3.05) is 13.1 Å². The summed E-state index contributed by atoms with van der Waals surface area (Å²) < 4.78 is 18.5. The molecule has 1 heterocycles. The zero-order valence-electron chi connectivity index (χ0n) is 13.6. The smallest absolute Gasteiger partial charge is 0.408 e. The molecule has 0 radical (unpaired) electrons. The van der Waals surface area contributed by atoms with E-state index < -0.39 is 23.9 Å². The molecule has 1 saturated heterocycles. The van der Waals surface area contributed by atoms with Crippen molar-refractivity contribution >= 4 is 12.0 Å². The monoisotopic (exact) mass is 302 g/mol. The number of alkyl carbamates (subject to hydrolysis) is 1. The molecule has 0 aromatic rings. The van der Waals surface area contributed by atoms with Gasteiger partial charge in [0, 0.05) is 6.54 Å². The Morgan fingerprint density at radius 1 is 1.43 bits per heavy atom. The first-order valence-electron chi connectivity index (χ1n) is 7.56. The first kappa shape index (κ1) is 17.7. The molecule has 0 spiro atoms. The van der Waals surface area contributed by atoms with Crippen LogP contribution in [0.3, 0.4) is 0 Å². The molecule has 1 fully saturated rings. The Labute approximate surface area is 126 Å². The highest BCUT2D eigenvalue weighted by molar-refractivity contribution is 5.86. The van der Waals surface area contributed by atoms with Gasteiger partial charge in [0.2, 0.25) is 5.91 Å². The summed E-state index contributed by atoms with van der Waals surface area (Å²) >= 11 is 0. The molecular formula is C15H27FN2O3. The normalized spacial score (nSPS) is 21.8. The highest BCUT2D eigenvalue weighted by Crippen LogP contribution is 2.18. The highest BCUT2D eigenvalue weighted by Gasteiger charge is 2.34. The van der Waals surface area contributed by atoms with Crippen molar-refractivity contribution in [3.05, 3.63) is 0 Å². The molecule has 0 bridgehead atoms. The third-order valence-corrected chi connectivity index (χ3v) is 3.59. The Morgan fingerprint density at radius 2 is 2.05 bits per heavy atom. The van der Waals surface area contributed by atoms with Crippen LogP contribution in [0.25, 0.3) is 0 Å². The van der Waals surface area contributed by atoms with Crippen LogP contribution >= 0.6 is 0 Å². The van der Waals surface area contributed by atoms with Crippen LogP contribution in [0.5, 0.6) is 0 Å². The van der Waals surface area contributed by atoms with E-state index in [0.717, 1.165) is 6.42 Å². The first-order chi connectivity index (χ1) is 9.64. The molecule has 1 aliphatic heterocycles. The molecule has 122 valence electrons. The summed E-state index contributed by atoms with van der Waals surface area (Å²) in [5.74, 6) is -0.265. The number of alkyl halides is 1. The summed E-state index contributed by atoms with van der Waals surface area (Å²) in [7, 11) is 0. The maximum atomic E-state index is 13.3. The summed E-state index contributed by atoms with van der Waals surface area (Å²) in [4.78, 5) is 25.9. The zero-order chi connectivity index (χ0) is 16.2. The van der Waals surface area contributed by atoms with Crippen LogP contribution in [-0.4, -0.2) is 47.8 Å². The molecule has 0 aromatic heterocycles. The minimum absolute atomic E-state index is 0.0383. The van der Waals surface area contributed by atoms with E-state index in [2.05, 4.69) is 5.32 Å². The van der Waals surface area contributed by atoms with E-state index in [4.69, 9.17) is 4.74 Å². The number of hydrogen-bond donors (Lipinski definition) is 1. The number of likely N-dealkylation sites (tertiary alicyclic amines) is 1. The minimum Gasteiger partial charge on any atom is -0.444 e. The van der Waals surface area contributed by atoms with Crippen LogP contribution in [0, 0.1) is 5.92 Å². The van der Waals surface area contributed by atoms with E-state index >= 15 is 0 Å². The second kappa shape index (κ2) is 7.09. The third kappa shape index (κ3) is 5.52. The molecular weight excluding hydrogens is 275 g/mol. The van der Waals surface area contributed by atoms with Gasteiger partial charge in [0.15, 0.2) is 0 Å². The lowest BCUT2D eigenvalue weighted by Crippen LogP contribution is -2.52. The van der Waals surface area contributed by atoms with E-state index in [1.54, 1.807) is 20.8 Å². The van der Waals surface area contributed by atoms with Crippen molar-refractivity contribution in [2.24, 2.45) is 5.92 Å². The predicted octanol–water partition coefficient (Wildman–Crippen LogP) is 2.50. The van der Waals surface area contributed by atoms with Gasteiger partial charge < -0.3 is 15.0 Å². The van der Waals surface area contributed by atoms with Crippen molar-refractivity contribution in [1.82, 2.24) is 10.2 Å². The van der Waals surface area contributed by atoms with E-state index in [0.29, 0.717) is 13.0 Å². The zero-order valence-corrected chi connectivity index (χ0v) is 13.6. The maximum absolute atomic E-state index is 13.3. The topological polar surface area (TPSA) is 58.6 Å². The number of ether oxygens (including phenoxy) is 1. The molecule has 2 unspecified atom stereocenters. The number of nitrogens with zero attached hydrogens (tertiary/aromatic N) is 1. The van der Waals surface area contributed by atoms with Crippen molar-refractivity contribution < 1.29 is 18.7 Å². The largest absolute Gasteiger partial charge is 0.444 e. The average Bonchev–Trinajstić information content (AvgIpc) is 2.79. The molecule has 6 heteroatoms. The third-order valence-electron chi connectivity index (χ3n) is 3.59. The molecule has 0 aromatic carbocycles. The van der Waals surface area contributed by atoms with Crippen LogP contribution in [0.2, 0.25) is 0 Å². The molecule has 5 nitrogen and oxygen atoms in total. The van der Waals surface area contributed by atoms with E-state index in [-0.39, 0.29) is 18.4 Å². The first-order valence-corrected chi connectivity index (χ1v) is 7.56. The van der Waals surface area contributed by atoms with Crippen LogP contribution in [0.15, 0.2) is 0 Å². The van der Waals surface area contributed by atoms with Crippen LogP contribution in [0.1, 0.15) is 47.5 Å². The SMILES string of the molecule is CCC(C)[C@H](NC(=O)OC(C)(C)C)C(=O)N1CCC(F)C1. The molecule has 0 saturated carbocycles. The average molecular weight is 302 g/mol. The number of carbonyl (C=O) groups is 2. The van der Waals surface area contributed by atoms with Crippen molar-refractivity contribution in [3.63, 3.8) is 0 Å². The summed E-state index contributed by atoms with van der Waals surface area (Å²) in [6.45, 7) is 9.65. The quantitative estimate of drug-likeness (QED) is 0.868. The maximum Gasteiger partial charge on any atom is 0.408 e. The molecule has 0 aliphatic carbocycles. The predicted molar refractivity (Wildman–Crippen MR) is 78.7 cm³/mol. The van der Waals surface area contributed by atoms with Gasteiger partial charge in [-0.1, -0.05) is 20.3 Å². The van der Waals surface area contributed by atoms with Gasteiger partial charge >= 0.3 is 6.09 Å². The summed E-state index contributed by atoms with van der Waals surface area (Å²) in [6.07, 6.45) is -0.477. The Hall–Kier alpha value is -1.33. The van der Waals surface area contributed by atoms with Gasteiger partial charge in [0.25, 0.3) is 0 Å². The molecule has 1 N–H and O–H groups in total. The molecule has 3 atom stereocenters. The van der Waals surface area contributed by atoms with Gasteiger partial charge in [0.1, 0.15) is 17.8 Å². The molecule has 2 amide bonds. The van der Waals surface area contributed by atoms with Gasteiger partial charge in [-0.3, -0.25) is 4.79 Å². The number of amides is 2. The Balaban J connectivity index is 2.72. The van der Waals surface area contributed by atoms with Gasteiger partial charge in [-0.15, -0.1) is 0 Å². The Morgan fingerprint density at radius 3 is 2.48 bits per heavy atom. The van der Waals surface area contributed by atoms with Gasteiger partial charge in [0.05, 0.1) is 6.54 Å². The summed E-state index contributed by atoms with van der Waals surface area (Å²) in [5, 5.41) is 2.64. The molecule has 1 rings (SSSR count). The van der Waals surface area contributed by atoms with Gasteiger partial charge in [-0.05, 0) is 33.1 Å². The fourth-order valence-electron chi connectivity index (χ4n) is 2.23. The fourth-order valence-corrected chi connectivity index (χ4v) is 2.23. The Kier molecular flexibility index (Phi) is 5.98. The highest BCUT2D eigenvalue weighted by atomic mass is 19.1. The lowest BCUT2D eigenvalue weighted by Gasteiger charge is -2.29. The van der Waals surface area contributed by atoms with Crippen molar-refractivity contribution in [2.45, 2.75) is 65.3 Å². The second-order valence-corrected chi connectivity index (χ2v) is 6.68. The summed E-state index contributed by atoms with van der Waals surface area (Å²) in [5.41, 5.74) is -0.620. The summed E-state index contributed by atoms with van der Waals surface area (Å²) in [6, 6.07) is -0.671. The van der Waals surface area contributed by atoms with E-state index in [1.807, 2.05) is 13.8 Å². The van der Waals surface area contributed by atoms with Crippen LogP contribution < -0.4 is 5.32 Å². The number of rotatable bonds is 4.